The predicted molar refractivity (Wildman–Crippen MR) is 67.2 cm³/mol. The average molecular weight is 258 g/mol. The lowest BCUT2D eigenvalue weighted by Gasteiger charge is -2.26. The summed E-state index contributed by atoms with van der Waals surface area (Å²) in [6.45, 7) is 1.67. The van der Waals surface area contributed by atoms with Crippen molar-refractivity contribution in [3.05, 3.63) is 23.8 Å². The van der Waals surface area contributed by atoms with Crippen molar-refractivity contribution >= 4 is 11.4 Å². The second-order valence-electron chi connectivity index (χ2n) is 4.79. The first-order valence-electron chi connectivity index (χ1n) is 6.03. The molecule has 2 rings (SSSR count). The lowest BCUT2D eigenvalue weighted by Crippen LogP contribution is -2.22. The molecule has 0 aliphatic carbocycles. The van der Waals surface area contributed by atoms with E-state index in [4.69, 9.17) is 0 Å². The summed E-state index contributed by atoms with van der Waals surface area (Å²) in [5.41, 5.74) is 0.951. The normalized spacial score (nSPS) is 16.2. The van der Waals surface area contributed by atoms with Crippen LogP contribution in [-0.4, -0.2) is 27.2 Å². The third-order valence-corrected chi connectivity index (χ3v) is 3.23. The van der Waals surface area contributed by atoms with Crippen molar-refractivity contribution in [2.45, 2.75) is 19.0 Å². The first-order valence-corrected chi connectivity index (χ1v) is 6.03. The molecular weight excluding hydrogens is 241 g/mol. The summed E-state index contributed by atoms with van der Waals surface area (Å²) in [5, 5.41) is 0. The summed E-state index contributed by atoms with van der Waals surface area (Å²) in [5.74, 6) is 0. The minimum atomic E-state index is -4.28. The average Bonchev–Trinajstić information content (AvgIpc) is 2.80. The maximum atomic E-state index is 12.8. The van der Waals surface area contributed by atoms with Crippen LogP contribution in [0.3, 0.4) is 0 Å². The number of hydrogen-bond acceptors (Lipinski definition) is 2. The van der Waals surface area contributed by atoms with Gasteiger partial charge in [0.25, 0.3) is 0 Å². The van der Waals surface area contributed by atoms with Crippen LogP contribution in [0.2, 0.25) is 0 Å². The summed E-state index contributed by atoms with van der Waals surface area (Å²) in [7, 11) is 3.70. The zero-order valence-electron chi connectivity index (χ0n) is 10.6. The van der Waals surface area contributed by atoms with Crippen LogP contribution in [0.25, 0.3) is 0 Å². The molecule has 0 bridgehead atoms. The highest BCUT2D eigenvalue weighted by Gasteiger charge is 2.32. The lowest BCUT2D eigenvalue weighted by molar-refractivity contribution is -0.137. The van der Waals surface area contributed by atoms with Crippen LogP contribution in [-0.2, 0) is 6.18 Å². The maximum Gasteiger partial charge on any atom is 0.416 e. The molecule has 0 amide bonds. The van der Waals surface area contributed by atoms with Crippen LogP contribution in [0.1, 0.15) is 18.4 Å². The number of nitrogens with zero attached hydrogens (tertiary/aromatic N) is 2. The highest BCUT2D eigenvalue weighted by Crippen LogP contribution is 2.37. The highest BCUT2D eigenvalue weighted by molar-refractivity contribution is 5.72. The molecular formula is C13H17F3N2. The Morgan fingerprint density at radius 1 is 1.11 bits per heavy atom. The second-order valence-corrected chi connectivity index (χ2v) is 4.79. The van der Waals surface area contributed by atoms with E-state index in [0.29, 0.717) is 5.69 Å². The topological polar surface area (TPSA) is 6.48 Å². The van der Waals surface area contributed by atoms with Crippen LogP contribution >= 0.6 is 0 Å². The van der Waals surface area contributed by atoms with Gasteiger partial charge in [-0.25, -0.2) is 0 Å². The predicted octanol–water partition coefficient (Wildman–Crippen LogP) is 3.37. The summed E-state index contributed by atoms with van der Waals surface area (Å²) in [4.78, 5) is 3.89. The Balaban J connectivity index is 2.44. The molecule has 1 aliphatic rings. The minimum absolute atomic E-state index is 0.574. The van der Waals surface area contributed by atoms with Crippen molar-refractivity contribution in [3.63, 3.8) is 0 Å². The Bertz CT molecular complexity index is 421. The van der Waals surface area contributed by atoms with E-state index < -0.39 is 11.7 Å². The lowest BCUT2D eigenvalue weighted by atomic mass is 10.1. The minimum Gasteiger partial charge on any atom is -0.376 e. The van der Waals surface area contributed by atoms with E-state index in [1.807, 2.05) is 23.9 Å². The number of alkyl halides is 3. The summed E-state index contributed by atoms with van der Waals surface area (Å²) in [6, 6.07) is 3.96. The largest absolute Gasteiger partial charge is 0.416 e. The molecule has 1 fully saturated rings. The maximum absolute atomic E-state index is 12.8. The zero-order chi connectivity index (χ0) is 13.3. The van der Waals surface area contributed by atoms with Crippen molar-refractivity contribution in [2.24, 2.45) is 0 Å². The molecule has 5 heteroatoms. The fraction of sp³-hybridized carbons (Fsp3) is 0.538. The van der Waals surface area contributed by atoms with Crippen molar-refractivity contribution in [1.29, 1.82) is 0 Å². The quantitative estimate of drug-likeness (QED) is 0.802. The number of rotatable bonds is 2. The number of hydrogen-bond donors (Lipinski definition) is 0. The number of halogens is 3. The molecule has 100 valence electrons. The van der Waals surface area contributed by atoms with E-state index >= 15 is 0 Å². The van der Waals surface area contributed by atoms with Gasteiger partial charge in [0.15, 0.2) is 0 Å². The van der Waals surface area contributed by atoms with Crippen molar-refractivity contribution in [1.82, 2.24) is 0 Å². The fourth-order valence-electron chi connectivity index (χ4n) is 2.29. The van der Waals surface area contributed by atoms with Gasteiger partial charge in [0.1, 0.15) is 0 Å². The molecule has 1 aromatic carbocycles. The van der Waals surface area contributed by atoms with Crippen molar-refractivity contribution in [2.75, 3.05) is 37.0 Å². The van der Waals surface area contributed by atoms with Gasteiger partial charge in [-0.15, -0.1) is 0 Å². The van der Waals surface area contributed by atoms with Crippen LogP contribution in [0.5, 0.6) is 0 Å². The van der Waals surface area contributed by atoms with Gasteiger partial charge in [0.2, 0.25) is 0 Å². The van der Waals surface area contributed by atoms with Crippen LogP contribution < -0.4 is 9.80 Å². The van der Waals surface area contributed by atoms with Crippen LogP contribution in [0, 0.1) is 0 Å². The Labute approximate surface area is 105 Å². The SMILES string of the molecule is CN(C)c1ccc(C(F)(F)F)cc1N1CCCC1. The van der Waals surface area contributed by atoms with E-state index in [1.54, 1.807) is 6.07 Å². The van der Waals surface area contributed by atoms with E-state index in [0.717, 1.165) is 37.7 Å². The molecule has 1 heterocycles. The second kappa shape index (κ2) is 4.71. The molecule has 2 nitrogen and oxygen atoms in total. The van der Waals surface area contributed by atoms with Gasteiger partial charge < -0.3 is 9.80 Å². The van der Waals surface area contributed by atoms with E-state index in [-0.39, 0.29) is 0 Å². The standard InChI is InChI=1S/C13H17F3N2/c1-17(2)11-6-5-10(13(14,15)16)9-12(11)18-7-3-4-8-18/h5-6,9H,3-4,7-8H2,1-2H3. The van der Waals surface area contributed by atoms with Gasteiger partial charge in [0, 0.05) is 27.2 Å². The van der Waals surface area contributed by atoms with E-state index in [9.17, 15) is 13.2 Å². The van der Waals surface area contributed by atoms with Crippen LogP contribution in [0.4, 0.5) is 24.5 Å². The fourth-order valence-corrected chi connectivity index (χ4v) is 2.29. The molecule has 0 N–H and O–H groups in total. The van der Waals surface area contributed by atoms with Crippen LogP contribution in [0.15, 0.2) is 18.2 Å². The molecule has 0 unspecified atom stereocenters. The third-order valence-electron chi connectivity index (χ3n) is 3.23. The molecule has 1 aromatic rings. The molecule has 1 saturated heterocycles. The molecule has 0 aromatic heterocycles. The number of anilines is 2. The molecule has 1 aliphatic heterocycles. The van der Waals surface area contributed by atoms with Gasteiger partial charge in [-0.1, -0.05) is 0 Å². The summed E-state index contributed by atoms with van der Waals surface area (Å²) >= 11 is 0. The molecule has 18 heavy (non-hydrogen) atoms. The highest BCUT2D eigenvalue weighted by atomic mass is 19.4. The Morgan fingerprint density at radius 2 is 1.72 bits per heavy atom. The third kappa shape index (κ3) is 2.54. The molecule has 0 saturated carbocycles. The van der Waals surface area contributed by atoms with Gasteiger partial charge in [-0.05, 0) is 31.0 Å². The van der Waals surface area contributed by atoms with Crippen molar-refractivity contribution in [3.8, 4) is 0 Å². The van der Waals surface area contributed by atoms with Gasteiger partial charge in [0.05, 0.1) is 16.9 Å². The molecule has 0 spiro atoms. The monoisotopic (exact) mass is 258 g/mol. The summed E-state index contributed by atoms with van der Waals surface area (Å²) < 4.78 is 38.3. The molecule has 0 radical (unpaired) electrons. The Hall–Kier alpha value is -1.39. The zero-order valence-corrected chi connectivity index (χ0v) is 10.6. The van der Waals surface area contributed by atoms with E-state index in [2.05, 4.69) is 0 Å². The van der Waals surface area contributed by atoms with E-state index in [1.165, 1.54) is 6.07 Å². The first-order chi connectivity index (χ1) is 8.39. The van der Waals surface area contributed by atoms with Gasteiger partial charge >= 0.3 is 6.18 Å². The van der Waals surface area contributed by atoms with Gasteiger partial charge in [-0.3, -0.25) is 0 Å². The Morgan fingerprint density at radius 3 is 2.22 bits per heavy atom. The first kappa shape index (κ1) is 13.1. The Kier molecular flexibility index (Phi) is 3.41. The molecule has 0 atom stereocenters. The van der Waals surface area contributed by atoms with Crippen molar-refractivity contribution < 1.29 is 13.2 Å². The number of benzene rings is 1. The summed E-state index contributed by atoms with van der Waals surface area (Å²) in [6.07, 6.45) is -2.19. The smallest absolute Gasteiger partial charge is 0.376 e. The van der Waals surface area contributed by atoms with Gasteiger partial charge in [-0.2, -0.15) is 13.2 Å².